The summed E-state index contributed by atoms with van der Waals surface area (Å²) in [5, 5.41) is 14.0. The van der Waals surface area contributed by atoms with E-state index in [1.807, 2.05) is 26.0 Å². The first-order chi connectivity index (χ1) is 11.9. The third kappa shape index (κ3) is 3.46. The predicted octanol–water partition coefficient (Wildman–Crippen LogP) is 5.64. The Kier molecular flexibility index (Phi) is 4.94. The van der Waals surface area contributed by atoms with Crippen molar-refractivity contribution in [2.45, 2.75) is 20.4 Å². The smallest absolute Gasteiger partial charge is 0.129 e. The molecule has 3 nitrogen and oxygen atoms in total. The van der Waals surface area contributed by atoms with Gasteiger partial charge in [-0.25, -0.2) is 4.39 Å². The Morgan fingerprint density at radius 3 is 2.64 bits per heavy atom. The van der Waals surface area contributed by atoms with Crippen molar-refractivity contribution >= 4 is 27.5 Å². The van der Waals surface area contributed by atoms with Crippen LogP contribution in [0.3, 0.4) is 0 Å². The van der Waals surface area contributed by atoms with Crippen LogP contribution < -0.4 is 0 Å². The highest BCUT2D eigenvalue weighted by Gasteiger charge is 2.16. The van der Waals surface area contributed by atoms with Crippen molar-refractivity contribution in [3.05, 3.63) is 74.2 Å². The lowest BCUT2D eigenvalue weighted by atomic mass is 10.0. The molecule has 0 bridgehead atoms. The van der Waals surface area contributed by atoms with Gasteiger partial charge in [0.2, 0.25) is 0 Å². The van der Waals surface area contributed by atoms with Crippen molar-refractivity contribution in [2.24, 2.45) is 0 Å². The van der Waals surface area contributed by atoms with Gasteiger partial charge >= 0.3 is 0 Å². The molecule has 0 atom stereocenters. The lowest BCUT2D eigenvalue weighted by molar-refractivity contribution is 0.578. The molecule has 0 radical (unpaired) electrons. The van der Waals surface area contributed by atoms with Gasteiger partial charge in [0.15, 0.2) is 0 Å². The second kappa shape index (κ2) is 6.99. The van der Waals surface area contributed by atoms with Crippen LogP contribution in [0.1, 0.15) is 22.5 Å². The number of hydrogen-bond donors (Lipinski definition) is 0. The highest BCUT2D eigenvalue weighted by Crippen LogP contribution is 2.31. The Bertz CT molecular complexity index is 1000. The average molecular weight is 419 g/mol. The topological polar surface area (TPSA) is 41.6 Å². The largest absolute Gasteiger partial charge is 0.264 e. The summed E-state index contributed by atoms with van der Waals surface area (Å²) in [5.41, 5.74) is 4.59. The molecule has 3 aromatic rings. The minimum atomic E-state index is -0.273. The van der Waals surface area contributed by atoms with E-state index in [2.05, 4.69) is 27.1 Å². The van der Waals surface area contributed by atoms with Crippen LogP contribution in [0.2, 0.25) is 5.02 Å². The molecule has 0 unspecified atom stereocenters. The minimum absolute atomic E-state index is 0.273. The maximum Gasteiger partial charge on any atom is 0.129 e. The third-order valence-corrected chi connectivity index (χ3v) is 4.90. The number of aromatic nitrogens is 2. The molecule has 1 aromatic heterocycles. The number of hydrogen-bond acceptors (Lipinski definition) is 2. The summed E-state index contributed by atoms with van der Waals surface area (Å²) in [6, 6.07) is 12.4. The third-order valence-electron chi connectivity index (χ3n) is 4.09. The first kappa shape index (κ1) is 17.7. The average Bonchev–Trinajstić information content (AvgIpc) is 2.84. The van der Waals surface area contributed by atoms with E-state index >= 15 is 0 Å². The molecule has 126 valence electrons. The molecule has 0 aliphatic rings. The van der Waals surface area contributed by atoms with Crippen molar-refractivity contribution < 1.29 is 4.39 Å². The number of nitrogens with zero attached hydrogens (tertiary/aromatic N) is 3. The zero-order valence-electron chi connectivity index (χ0n) is 13.6. The number of rotatable bonds is 3. The van der Waals surface area contributed by atoms with Crippen LogP contribution in [0.5, 0.6) is 0 Å². The molecular formula is C19H14BrClFN3. The first-order valence-electron chi connectivity index (χ1n) is 7.58. The Hall–Kier alpha value is -2.16. The SMILES string of the molecule is Cc1nn(Cc2ccc(Br)cc2F)c(C)c1-c1ccc(C#N)c(Cl)c1. The molecule has 0 fully saturated rings. The van der Waals surface area contributed by atoms with Crippen molar-refractivity contribution in [3.63, 3.8) is 0 Å². The van der Waals surface area contributed by atoms with Crippen LogP contribution in [-0.2, 0) is 6.54 Å². The summed E-state index contributed by atoms with van der Waals surface area (Å²) in [6.07, 6.45) is 0. The van der Waals surface area contributed by atoms with Crippen LogP contribution >= 0.6 is 27.5 Å². The highest BCUT2D eigenvalue weighted by atomic mass is 79.9. The molecule has 0 aliphatic carbocycles. The quantitative estimate of drug-likeness (QED) is 0.552. The van der Waals surface area contributed by atoms with E-state index in [-0.39, 0.29) is 5.82 Å². The molecule has 0 spiro atoms. The monoisotopic (exact) mass is 417 g/mol. The zero-order chi connectivity index (χ0) is 18.1. The van der Waals surface area contributed by atoms with E-state index in [0.29, 0.717) is 27.2 Å². The van der Waals surface area contributed by atoms with Crippen LogP contribution in [-0.4, -0.2) is 9.78 Å². The second-order valence-electron chi connectivity index (χ2n) is 5.75. The molecule has 25 heavy (non-hydrogen) atoms. The van der Waals surface area contributed by atoms with E-state index in [4.69, 9.17) is 16.9 Å². The number of nitriles is 1. The van der Waals surface area contributed by atoms with Gasteiger partial charge in [-0.2, -0.15) is 10.4 Å². The van der Waals surface area contributed by atoms with E-state index < -0.39 is 0 Å². The predicted molar refractivity (Wildman–Crippen MR) is 100 cm³/mol. The molecular weight excluding hydrogens is 405 g/mol. The first-order valence-corrected chi connectivity index (χ1v) is 8.75. The van der Waals surface area contributed by atoms with Crippen LogP contribution in [0, 0.1) is 31.0 Å². The molecule has 0 N–H and O–H groups in total. The molecule has 6 heteroatoms. The summed E-state index contributed by atoms with van der Waals surface area (Å²) in [7, 11) is 0. The fraction of sp³-hybridized carbons (Fsp3) is 0.158. The van der Waals surface area contributed by atoms with Crippen molar-refractivity contribution in [2.75, 3.05) is 0 Å². The van der Waals surface area contributed by atoms with Gasteiger partial charge in [-0.3, -0.25) is 4.68 Å². The fourth-order valence-electron chi connectivity index (χ4n) is 2.84. The van der Waals surface area contributed by atoms with Crippen molar-refractivity contribution in [1.29, 1.82) is 5.26 Å². The lowest BCUT2D eigenvalue weighted by Gasteiger charge is -2.08. The Labute approximate surface area is 158 Å². The van der Waals surface area contributed by atoms with Gasteiger partial charge < -0.3 is 0 Å². The molecule has 0 aliphatic heterocycles. The second-order valence-corrected chi connectivity index (χ2v) is 7.07. The number of halogens is 3. The lowest BCUT2D eigenvalue weighted by Crippen LogP contribution is -2.06. The minimum Gasteiger partial charge on any atom is -0.264 e. The van der Waals surface area contributed by atoms with E-state index in [9.17, 15) is 4.39 Å². The number of aryl methyl sites for hydroxylation is 1. The number of benzene rings is 2. The van der Waals surface area contributed by atoms with Gasteiger partial charge in [0, 0.05) is 21.3 Å². The van der Waals surface area contributed by atoms with Gasteiger partial charge in [0.25, 0.3) is 0 Å². The van der Waals surface area contributed by atoms with E-state index in [1.165, 1.54) is 6.07 Å². The normalized spacial score (nSPS) is 10.7. The maximum absolute atomic E-state index is 14.1. The Morgan fingerprint density at radius 2 is 2.00 bits per heavy atom. The van der Waals surface area contributed by atoms with Crippen molar-refractivity contribution in [1.82, 2.24) is 9.78 Å². The molecule has 0 amide bonds. The molecule has 3 rings (SSSR count). The standard InChI is InChI=1S/C19H14BrClFN3/c1-11-19(13-3-4-14(9-23)17(21)7-13)12(2)25(24-11)10-15-5-6-16(20)8-18(15)22/h3-8H,10H2,1-2H3. The summed E-state index contributed by atoms with van der Waals surface area (Å²) in [5.74, 6) is -0.273. The Morgan fingerprint density at radius 1 is 1.24 bits per heavy atom. The van der Waals surface area contributed by atoms with Gasteiger partial charge in [-0.15, -0.1) is 0 Å². The summed E-state index contributed by atoms with van der Waals surface area (Å²) in [4.78, 5) is 0. The summed E-state index contributed by atoms with van der Waals surface area (Å²) >= 11 is 9.42. The van der Waals surface area contributed by atoms with Gasteiger partial charge in [-0.05, 0) is 43.7 Å². The molecule has 2 aromatic carbocycles. The molecule has 0 saturated carbocycles. The molecule has 0 saturated heterocycles. The highest BCUT2D eigenvalue weighted by molar-refractivity contribution is 9.10. The van der Waals surface area contributed by atoms with Crippen LogP contribution in [0.25, 0.3) is 11.1 Å². The van der Waals surface area contributed by atoms with Gasteiger partial charge in [0.05, 0.1) is 22.8 Å². The Balaban J connectivity index is 2.01. The zero-order valence-corrected chi connectivity index (χ0v) is 16.0. The van der Waals surface area contributed by atoms with Crippen LogP contribution in [0.4, 0.5) is 4.39 Å². The van der Waals surface area contributed by atoms with E-state index in [0.717, 1.165) is 22.5 Å². The van der Waals surface area contributed by atoms with E-state index in [1.54, 1.807) is 22.9 Å². The maximum atomic E-state index is 14.1. The van der Waals surface area contributed by atoms with Crippen LogP contribution in [0.15, 0.2) is 40.9 Å². The summed E-state index contributed by atoms with van der Waals surface area (Å²) < 4.78 is 16.6. The van der Waals surface area contributed by atoms with Gasteiger partial charge in [0.1, 0.15) is 11.9 Å². The van der Waals surface area contributed by atoms with Gasteiger partial charge in [-0.1, -0.05) is 39.7 Å². The van der Waals surface area contributed by atoms with Crippen molar-refractivity contribution in [3.8, 4) is 17.2 Å². The fourth-order valence-corrected chi connectivity index (χ4v) is 3.40. The molecule has 1 heterocycles. The summed E-state index contributed by atoms with van der Waals surface area (Å²) in [6.45, 7) is 4.19.